The van der Waals surface area contributed by atoms with E-state index in [2.05, 4.69) is 4.98 Å². The number of aliphatic imine (C=N–C) groups is 2. The molecular formula is C26H26FN5O5S. The van der Waals surface area contributed by atoms with Gasteiger partial charge in [-0.1, -0.05) is 30.3 Å². The van der Waals surface area contributed by atoms with Crippen molar-refractivity contribution < 1.29 is 26.9 Å². The van der Waals surface area contributed by atoms with Crippen LogP contribution in [-0.4, -0.2) is 60.5 Å². The second-order valence-electron chi connectivity index (χ2n) is 8.64. The summed E-state index contributed by atoms with van der Waals surface area (Å²) in [5, 5.41) is 7.42. The number of carbonyl (C=O) groups is 1. The molecule has 2 aliphatic heterocycles. The highest BCUT2D eigenvalue weighted by molar-refractivity contribution is 7.86. The average Bonchev–Trinajstić information content (AvgIpc) is 3.17. The van der Waals surface area contributed by atoms with E-state index in [9.17, 15) is 12.8 Å². The number of halogens is 1. The number of aliphatic carboxylic acids is 1. The molecule has 10 nitrogen and oxygen atoms in total. The molecule has 5 rings (SSSR count). The summed E-state index contributed by atoms with van der Waals surface area (Å²) in [5.41, 5.74) is 7.75. The van der Waals surface area contributed by atoms with Gasteiger partial charge in [0.25, 0.3) is 5.97 Å². The maximum absolute atomic E-state index is 14.5. The van der Waals surface area contributed by atoms with E-state index in [1.807, 2.05) is 29.2 Å². The molecular weight excluding hydrogens is 513 g/mol. The van der Waals surface area contributed by atoms with Crippen LogP contribution in [0.25, 0.3) is 11.1 Å². The van der Waals surface area contributed by atoms with Gasteiger partial charge in [-0.25, -0.2) is 9.98 Å². The van der Waals surface area contributed by atoms with E-state index in [1.165, 1.54) is 6.20 Å². The molecule has 0 aliphatic carbocycles. The number of amidine groups is 1. The Balaban J connectivity index is 0.000000786. The van der Waals surface area contributed by atoms with Gasteiger partial charge in [0.1, 0.15) is 11.6 Å². The molecule has 3 aromatic rings. The Morgan fingerprint density at radius 3 is 2.50 bits per heavy atom. The largest absolute Gasteiger partial charge is 0.481 e. The topological polar surface area (TPSA) is 148 Å². The number of hydrogen-bond acceptors (Lipinski definition) is 9. The maximum atomic E-state index is 14.5. The molecule has 0 saturated heterocycles. The van der Waals surface area contributed by atoms with E-state index >= 15 is 0 Å². The van der Waals surface area contributed by atoms with Crippen LogP contribution in [-0.2, 0) is 20.5 Å². The Morgan fingerprint density at radius 1 is 1.13 bits per heavy atom. The smallest absolute Gasteiger partial charge is 0.306 e. The summed E-state index contributed by atoms with van der Waals surface area (Å²) >= 11 is 0. The number of hydrogen-bond donors (Lipinski definition) is 2. The predicted octanol–water partition coefficient (Wildman–Crippen LogP) is 2.99. The lowest BCUT2D eigenvalue weighted by Crippen LogP contribution is -2.46. The number of carboxylic acids is 1. The molecule has 38 heavy (non-hydrogen) atoms. The number of guanidine groups is 1. The lowest BCUT2D eigenvalue weighted by atomic mass is 9.81. The van der Waals surface area contributed by atoms with Crippen molar-refractivity contribution in [2.75, 3.05) is 19.3 Å². The van der Waals surface area contributed by atoms with Gasteiger partial charge < -0.3 is 15.0 Å². The van der Waals surface area contributed by atoms with Crippen LogP contribution in [0, 0.1) is 5.95 Å². The third-order valence-corrected chi connectivity index (χ3v) is 6.30. The first-order chi connectivity index (χ1) is 18.0. The summed E-state index contributed by atoms with van der Waals surface area (Å²) in [7, 11) is -3.67. The van der Waals surface area contributed by atoms with E-state index in [0.29, 0.717) is 36.0 Å². The Morgan fingerprint density at radius 2 is 1.84 bits per heavy atom. The molecule has 0 spiro atoms. The summed E-state index contributed by atoms with van der Waals surface area (Å²) in [6.45, 7) is 2.39. The molecule has 2 aromatic carbocycles. The number of fused-ring (bicyclic) bond motifs is 1. The fourth-order valence-corrected chi connectivity index (χ4v) is 4.87. The monoisotopic (exact) mass is 539 g/mol. The van der Waals surface area contributed by atoms with Gasteiger partial charge in [0, 0.05) is 31.8 Å². The van der Waals surface area contributed by atoms with Gasteiger partial charge in [0.15, 0.2) is 11.5 Å². The molecule has 198 valence electrons. The fourth-order valence-electron chi connectivity index (χ4n) is 4.41. The average molecular weight is 540 g/mol. The van der Waals surface area contributed by atoms with Crippen LogP contribution in [0.3, 0.4) is 0 Å². The van der Waals surface area contributed by atoms with Crippen molar-refractivity contribution in [1.82, 2.24) is 9.88 Å². The molecule has 3 N–H and O–H groups in total. The van der Waals surface area contributed by atoms with Crippen molar-refractivity contribution in [3.63, 3.8) is 0 Å². The van der Waals surface area contributed by atoms with Gasteiger partial charge in [-0.15, -0.1) is 0 Å². The van der Waals surface area contributed by atoms with Gasteiger partial charge in [0.05, 0.1) is 6.26 Å². The number of nitrogens with two attached hydrogens (primary N) is 1. The molecule has 1 aromatic heterocycles. The standard InChI is InChI=1S/C24H22FN5O3S.C2H4O2/c1-34(31,32)33-19-10-8-17(9-11-19)24(22-28-13-4-14-30(22)23(26)29-24)18-6-2-5-16(15-18)20-7-3-12-27-21(20)25;1-2(3)4/h2-3,5-12,15H,4,13-14H2,1H3,(H2,26,29);1H3,(H,3,4). The zero-order valence-corrected chi connectivity index (χ0v) is 21.5. The molecule has 0 radical (unpaired) electrons. The van der Waals surface area contributed by atoms with Crippen LogP contribution in [0.2, 0.25) is 0 Å². The number of benzene rings is 2. The Kier molecular flexibility index (Phi) is 7.44. The maximum Gasteiger partial charge on any atom is 0.306 e. The first kappa shape index (κ1) is 26.7. The second-order valence-corrected chi connectivity index (χ2v) is 10.2. The predicted molar refractivity (Wildman–Crippen MR) is 141 cm³/mol. The van der Waals surface area contributed by atoms with Crippen molar-refractivity contribution in [3.8, 4) is 16.9 Å². The van der Waals surface area contributed by atoms with Gasteiger partial charge in [-0.05, 0) is 53.4 Å². The van der Waals surface area contributed by atoms with Crippen LogP contribution < -0.4 is 9.92 Å². The number of carboxylic acid groups (broad SMARTS) is 1. The van der Waals surface area contributed by atoms with Gasteiger partial charge in [-0.3, -0.25) is 14.7 Å². The highest BCUT2D eigenvalue weighted by atomic mass is 32.2. The first-order valence-corrected chi connectivity index (χ1v) is 13.4. The molecule has 2 aliphatic rings. The van der Waals surface area contributed by atoms with E-state index in [-0.39, 0.29) is 5.75 Å². The number of pyridine rings is 1. The summed E-state index contributed by atoms with van der Waals surface area (Å²) in [6.07, 6.45) is 3.24. The third-order valence-electron chi connectivity index (χ3n) is 5.81. The summed E-state index contributed by atoms with van der Waals surface area (Å²) in [6, 6.07) is 17.4. The Labute approximate surface area is 219 Å². The van der Waals surface area contributed by atoms with E-state index in [0.717, 1.165) is 30.7 Å². The van der Waals surface area contributed by atoms with Crippen molar-refractivity contribution in [2.45, 2.75) is 18.9 Å². The molecule has 1 atom stereocenters. The zero-order chi connectivity index (χ0) is 27.5. The molecule has 3 heterocycles. The summed E-state index contributed by atoms with van der Waals surface area (Å²) in [4.78, 5) is 24.3. The molecule has 0 bridgehead atoms. The molecule has 12 heteroatoms. The van der Waals surface area contributed by atoms with Crippen LogP contribution in [0.5, 0.6) is 5.75 Å². The summed E-state index contributed by atoms with van der Waals surface area (Å²) < 4.78 is 42.5. The zero-order valence-electron chi connectivity index (χ0n) is 20.7. The number of rotatable bonds is 5. The Hall–Kier alpha value is -4.32. The molecule has 1 unspecified atom stereocenters. The quantitative estimate of drug-likeness (QED) is 0.371. The minimum atomic E-state index is -3.67. The van der Waals surface area contributed by atoms with Crippen LogP contribution in [0.15, 0.2) is 76.8 Å². The second kappa shape index (κ2) is 10.6. The highest BCUT2D eigenvalue weighted by Crippen LogP contribution is 2.43. The Bertz CT molecular complexity index is 1520. The lowest BCUT2D eigenvalue weighted by molar-refractivity contribution is -0.134. The first-order valence-electron chi connectivity index (χ1n) is 11.6. The molecule has 0 fully saturated rings. The number of aromatic nitrogens is 1. The lowest BCUT2D eigenvalue weighted by Gasteiger charge is -2.33. The van der Waals surface area contributed by atoms with E-state index in [1.54, 1.807) is 36.4 Å². The molecule has 0 saturated carbocycles. The summed E-state index contributed by atoms with van der Waals surface area (Å²) in [5.74, 6) is -0.197. The normalized spacial score (nSPS) is 18.4. The fraction of sp³-hybridized carbons (Fsp3) is 0.231. The highest BCUT2D eigenvalue weighted by Gasteiger charge is 2.49. The van der Waals surface area contributed by atoms with Crippen molar-refractivity contribution in [3.05, 3.63) is 83.9 Å². The SMILES string of the molecule is CC(=O)O.CS(=O)(=O)Oc1ccc(C2(c3cccc(-c4cccnc4F)c3)N=C(N)N3CCCN=C32)cc1. The number of nitrogens with zero attached hydrogens (tertiary/aromatic N) is 4. The van der Waals surface area contributed by atoms with Crippen molar-refractivity contribution in [2.24, 2.45) is 15.7 Å². The molecule has 0 amide bonds. The van der Waals surface area contributed by atoms with Crippen LogP contribution >= 0.6 is 0 Å². The van der Waals surface area contributed by atoms with Crippen molar-refractivity contribution in [1.29, 1.82) is 0 Å². The van der Waals surface area contributed by atoms with Gasteiger partial charge in [-0.2, -0.15) is 12.8 Å². The minimum absolute atomic E-state index is 0.185. The van der Waals surface area contributed by atoms with Gasteiger partial charge in [0.2, 0.25) is 5.95 Å². The van der Waals surface area contributed by atoms with Crippen LogP contribution in [0.1, 0.15) is 24.5 Å². The van der Waals surface area contributed by atoms with Gasteiger partial charge >= 0.3 is 10.1 Å². The van der Waals surface area contributed by atoms with E-state index < -0.39 is 27.6 Å². The van der Waals surface area contributed by atoms with Crippen molar-refractivity contribution >= 4 is 27.9 Å². The minimum Gasteiger partial charge on any atom is -0.481 e. The third kappa shape index (κ3) is 5.49. The van der Waals surface area contributed by atoms with E-state index in [4.69, 9.17) is 29.8 Å². The van der Waals surface area contributed by atoms with Crippen LogP contribution in [0.4, 0.5) is 4.39 Å².